The molecule has 0 aromatic heterocycles. The van der Waals surface area contributed by atoms with Crippen molar-refractivity contribution in [2.75, 3.05) is 0 Å². The second-order valence-corrected chi connectivity index (χ2v) is 6.38. The lowest BCUT2D eigenvalue weighted by molar-refractivity contribution is -0.0520. The Labute approximate surface area is 123 Å². The molecule has 0 saturated heterocycles. The Balaban J connectivity index is 2.14. The summed E-state index contributed by atoms with van der Waals surface area (Å²) in [6.07, 6.45) is 6.35. The van der Waals surface area contributed by atoms with E-state index in [1.54, 1.807) is 0 Å². The molecule has 112 valence electrons. The molecule has 1 aliphatic carbocycles. The minimum Gasteiger partial charge on any atom is -0.369 e. The van der Waals surface area contributed by atoms with E-state index in [2.05, 4.69) is 45.0 Å². The van der Waals surface area contributed by atoms with Gasteiger partial charge in [-0.15, -0.1) is 0 Å². The summed E-state index contributed by atoms with van der Waals surface area (Å²) in [7, 11) is 0. The topological polar surface area (TPSA) is 35.2 Å². The van der Waals surface area contributed by atoms with Crippen LogP contribution in [0.4, 0.5) is 0 Å². The molecule has 4 unspecified atom stereocenters. The fourth-order valence-corrected chi connectivity index (χ4v) is 3.23. The highest BCUT2D eigenvalue weighted by atomic mass is 16.5. The van der Waals surface area contributed by atoms with Gasteiger partial charge in [0.25, 0.3) is 0 Å². The van der Waals surface area contributed by atoms with Crippen LogP contribution in [0.25, 0.3) is 0 Å². The molecule has 1 aromatic carbocycles. The highest BCUT2D eigenvalue weighted by Crippen LogP contribution is 2.32. The predicted molar refractivity (Wildman–Crippen MR) is 84.7 cm³/mol. The van der Waals surface area contributed by atoms with Crippen LogP contribution in [0, 0.1) is 12.8 Å². The maximum atomic E-state index is 6.46. The molecule has 0 aliphatic heterocycles. The van der Waals surface area contributed by atoms with Crippen molar-refractivity contribution >= 4 is 0 Å². The van der Waals surface area contributed by atoms with Crippen LogP contribution in [-0.2, 0) is 4.74 Å². The number of nitrogens with two attached hydrogens (primary N) is 1. The van der Waals surface area contributed by atoms with Crippen molar-refractivity contribution in [1.82, 2.24) is 0 Å². The zero-order chi connectivity index (χ0) is 14.5. The third kappa shape index (κ3) is 3.83. The van der Waals surface area contributed by atoms with E-state index in [4.69, 9.17) is 10.5 Å². The van der Waals surface area contributed by atoms with Crippen molar-refractivity contribution in [2.24, 2.45) is 11.7 Å². The number of ether oxygens (including phenoxy) is 1. The summed E-state index contributed by atoms with van der Waals surface area (Å²) < 4.78 is 6.46. The van der Waals surface area contributed by atoms with Crippen LogP contribution in [0.1, 0.15) is 63.2 Å². The molecule has 0 radical (unpaired) electrons. The first-order valence-electron chi connectivity index (χ1n) is 8.08. The van der Waals surface area contributed by atoms with E-state index in [0.717, 1.165) is 12.3 Å². The number of rotatable bonds is 5. The van der Waals surface area contributed by atoms with Gasteiger partial charge >= 0.3 is 0 Å². The summed E-state index contributed by atoms with van der Waals surface area (Å²) in [6, 6.07) is 8.56. The van der Waals surface area contributed by atoms with Crippen LogP contribution in [0.15, 0.2) is 24.3 Å². The minimum atomic E-state index is 0.0384. The molecule has 0 bridgehead atoms. The van der Waals surface area contributed by atoms with Gasteiger partial charge in [0.1, 0.15) is 0 Å². The molecule has 0 spiro atoms. The molecule has 2 N–H and O–H groups in total. The number of benzene rings is 1. The molecule has 1 aromatic rings. The molecule has 2 nitrogen and oxygen atoms in total. The van der Waals surface area contributed by atoms with Gasteiger partial charge < -0.3 is 10.5 Å². The van der Waals surface area contributed by atoms with Crippen LogP contribution >= 0.6 is 0 Å². The van der Waals surface area contributed by atoms with E-state index < -0.39 is 0 Å². The second kappa shape index (κ2) is 7.24. The summed E-state index contributed by atoms with van der Waals surface area (Å²) >= 11 is 0. The van der Waals surface area contributed by atoms with Gasteiger partial charge in [-0.3, -0.25) is 0 Å². The number of hydrogen-bond acceptors (Lipinski definition) is 2. The third-order valence-corrected chi connectivity index (χ3v) is 4.58. The fourth-order valence-electron chi connectivity index (χ4n) is 3.23. The largest absolute Gasteiger partial charge is 0.369 e. The average molecular weight is 275 g/mol. The monoisotopic (exact) mass is 275 g/mol. The molecule has 1 fully saturated rings. The van der Waals surface area contributed by atoms with Gasteiger partial charge in [0.15, 0.2) is 0 Å². The van der Waals surface area contributed by atoms with Crippen LogP contribution < -0.4 is 5.73 Å². The van der Waals surface area contributed by atoms with Crippen molar-refractivity contribution in [3.05, 3.63) is 35.4 Å². The molecule has 0 amide bonds. The summed E-state index contributed by atoms with van der Waals surface area (Å²) in [5.41, 5.74) is 8.89. The van der Waals surface area contributed by atoms with Crippen molar-refractivity contribution in [2.45, 2.75) is 71.1 Å². The van der Waals surface area contributed by atoms with Gasteiger partial charge in [-0.1, -0.05) is 51.0 Å². The summed E-state index contributed by atoms with van der Waals surface area (Å²) in [5.74, 6) is 0.782. The average Bonchev–Trinajstić information content (AvgIpc) is 2.45. The molecular formula is C18H29NO. The minimum absolute atomic E-state index is 0.0384. The molecular weight excluding hydrogens is 246 g/mol. The SMILES string of the molecule is CCC(N)C(OC1CCCC(C)C1)c1ccccc1C. The molecule has 0 heterocycles. The molecule has 1 aliphatic rings. The van der Waals surface area contributed by atoms with Crippen molar-refractivity contribution in [1.29, 1.82) is 0 Å². The van der Waals surface area contributed by atoms with Gasteiger partial charge in [-0.2, -0.15) is 0 Å². The first kappa shape index (κ1) is 15.5. The van der Waals surface area contributed by atoms with E-state index in [1.165, 1.54) is 36.8 Å². The number of hydrogen-bond donors (Lipinski definition) is 1. The Kier molecular flexibility index (Phi) is 5.62. The van der Waals surface area contributed by atoms with Crippen LogP contribution in [0.5, 0.6) is 0 Å². The lowest BCUT2D eigenvalue weighted by Crippen LogP contribution is -2.34. The maximum Gasteiger partial charge on any atom is 0.0981 e. The lowest BCUT2D eigenvalue weighted by Gasteiger charge is -2.33. The van der Waals surface area contributed by atoms with E-state index in [9.17, 15) is 0 Å². The first-order valence-corrected chi connectivity index (χ1v) is 8.08. The van der Waals surface area contributed by atoms with Gasteiger partial charge in [0.2, 0.25) is 0 Å². The summed E-state index contributed by atoms with van der Waals surface area (Å²) in [5, 5.41) is 0. The normalized spacial score (nSPS) is 26.2. The fraction of sp³-hybridized carbons (Fsp3) is 0.667. The Bertz CT molecular complexity index is 418. The van der Waals surface area contributed by atoms with Crippen molar-refractivity contribution in [3.8, 4) is 0 Å². The van der Waals surface area contributed by atoms with E-state index in [0.29, 0.717) is 6.10 Å². The Hall–Kier alpha value is -0.860. The number of aryl methyl sites for hydroxylation is 1. The van der Waals surface area contributed by atoms with Gasteiger partial charge in [0, 0.05) is 6.04 Å². The third-order valence-electron chi connectivity index (χ3n) is 4.58. The second-order valence-electron chi connectivity index (χ2n) is 6.38. The van der Waals surface area contributed by atoms with Gasteiger partial charge in [0.05, 0.1) is 12.2 Å². The molecule has 2 rings (SSSR count). The summed E-state index contributed by atoms with van der Waals surface area (Å²) in [4.78, 5) is 0. The zero-order valence-electron chi connectivity index (χ0n) is 13.1. The highest BCUT2D eigenvalue weighted by molar-refractivity contribution is 5.28. The Morgan fingerprint density at radius 3 is 2.70 bits per heavy atom. The maximum absolute atomic E-state index is 6.46. The lowest BCUT2D eigenvalue weighted by atomic mass is 9.88. The molecule has 4 atom stereocenters. The van der Waals surface area contributed by atoms with Gasteiger partial charge in [-0.25, -0.2) is 0 Å². The molecule has 20 heavy (non-hydrogen) atoms. The van der Waals surface area contributed by atoms with Crippen LogP contribution in [0.3, 0.4) is 0 Å². The van der Waals surface area contributed by atoms with E-state index >= 15 is 0 Å². The van der Waals surface area contributed by atoms with E-state index in [1.807, 2.05) is 0 Å². The Morgan fingerprint density at radius 2 is 2.05 bits per heavy atom. The molecule has 2 heteroatoms. The predicted octanol–water partition coefficient (Wildman–Crippen LogP) is 4.37. The standard InChI is InChI=1S/C18H29NO/c1-4-17(19)18(16-11-6-5-9-14(16)3)20-15-10-7-8-13(2)12-15/h5-6,9,11,13,15,17-18H,4,7-8,10,12,19H2,1-3H3. The zero-order valence-corrected chi connectivity index (χ0v) is 13.1. The van der Waals surface area contributed by atoms with Crippen molar-refractivity contribution in [3.63, 3.8) is 0 Å². The Morgan fingerprint density at radius 1 is 1.30 bits per heavy atom. The van der Waals surface area contributed by atoms with E-state index in [-0.39, 0.29) is 12.1 Å². The molecule has 1 saturated carbocycles. The van der Waals surface area contributed by atoms with Crippen molar-refractivity contribution < 1.29 is 4.74 Å². The van der Waals surface area contributed by atoms with Crippen LogP contribution in [-0.4, -0.2) is 12.1 Å². The van der Waals surface area contributed by atoms with Crippen LogP contribution in [0.2, 0.25) is 0 Å². The highest BCUT2D eigenvalue weighted by Gasteiger charge is 2.27. The quantitative estimate of drug-likeness (QED) is 0.866. The smallest absolute Gasteiger partial charge is 0.0981 e. The van der Waals surface area contributed by atoms with Gasteiger partial charge in [-0.05, 0) is 43.2 Å². The first-order chi connectivity index (χ1) is 9.61. The summed E-state index contributed by atoms with van der Waals surface area (Å²) in [6.45, 7) is 6.62.